The largest absolute Gasteiger partial charge is 0.497 e. The number of anilines is 1. The van der Waals surface area contributed by atoms with Crippen molar-refractivity contribution in [1.82, 2.24) is 0 Å². The fourth-order valence-corrected chi connectivity index (χ4v) is 2.10. The van der Waals surface area contributed by atoms with Crippen molar-refractivity contribution in [1.29, 1.82) is 0 Å². The van der Waals surface area contributed by atoms with Crippen LogP contribution >= 0.6 is 0 Å². The van der Waals surface area contributed by atoms with Gasteiger partial charge < -0.3 is 14.8 Å². The van der Waals surface area contributed by atoms with Gasteiger partial charge >= 0.3 is 6.18 Å². The van der Waals surface area contributed by atoms with Gasteiger partial charge in [-0.15, -0.1) is 0 Å². The first kappa shape index (κ1) is 18.6. The molecule has 0 saturated carbocycles. The quantitative estimate of drug-likeness (QED) is 0.815. The standard InChI is InChI=1S/C18H18F3NO3/c1-3-9-25-16-8-7-13(18(19,20)21)11-15(16)22-17(23)12-5-4-6-14(10-12)24-2/h4-8,10-11H,3,9H2,1-2H3,(H,22,23). The van der Waals surface area contributed by atoms with Crippen LogP contribution in [0.2, 0.25) is 0 Å². The third kappa shape index (κ3) is 4.89. The Labute approximate surface area is 143 Å². The van der Waals surface area contributed by atoms with Crippen LogP contribution in [0.15, 0.2) is 42.5 Å². The predicted octanol–water partition coefficient (Wildman–Crippen LogP) is 4.76. The summed E-state index contributed by atoms with van der Waals surface area (Å²) in [6.07, 6.45) is -3.83. The topological polar surface area (TPSA) is 47.6 Å². The average molecular weight is 353 g/mol. The van der Waals surface area contributed by atoms with E-state index in [1.54, 1.807) is 12.1 Å². The number of amides is 1. The summed E-state index contributed by atoms with van der Waals surface area (Å²) in [6.45, 7) is 2.20. The molecule has 0 fully saturated rings. The first-order valence-electron chi connectivity index (χ1n) is 7.64. The summed E-state index contributed by atoms with van der Waals surface area (Å²) in [5.41, 5.74) is -0.633. The molecular weight excluding hydrogens is 335 g/mol. The summed E-state index contributed by atoms with van der Waals surface area (Å²) in [5.74, 6) is 0.102. The lowest BCUT2D eigenvalue weighted by molar-refractivity contribution is -0.137. The second kappa shape index (κ2) is 7.92. The molecule has 0 aliphatic heterocycles. The summed E-state index contributed by atoms with van der Waals surface area (Å²) in [6, 6.07) is 9.31. The maximum Gasteiger partial charge on any atom is 0.416 e. The fourth-order valence-electron chi connectivity index (χ4n) is 2.10. The summed E-state index contributed by atoms with van der Waals surface area (Å²) in [4.78, 5) is 12.4. The van der Waals surface area contributed by atoms with E-state index in [4.69, 9.17) is 9.47 Å². The summed E-state index contributed by atoms with van der Waals surface area (Å²) >= 11 is 0. The molecule has 0 heterocycles. The van der Waals surface area contributed by atoms with Crippen molar-refractivity contribution < 1.29 is 27.4 Å². The number of methoxy groups -OCH3 is 1. The highest BCUT2D eigenvalue weighted by molar-refractivity contribution is 6.05. The minimum atomic E-state index is -4.52. The van der Waals surface area contributed by atoms with Crippen molar-refractivity contribution in [2.75, 3.05) is 19.0 Å². The number of carbonyl (C=O) groups is 1. The van der Waals surface area contributed by atoms with Gasteiger partial charge in [0.1, 0.15) is 11.5 Å². The Morgan fingerprint density at radius 1 is 1.16 bits per heavy atom. The van der Waals surface area contributed by atoms with Crippen molar-refractivity contribution in [2.24, 2.45) is 0 Å². The van der Waals surface area contributed by atoms with Crippen LogP contribution in [0.4, 0.5) is 18.9 Å². The van der Waals surface area contributed by atoms with E-state index in [0.717, 1.165) is 12.1 Å². The fraction of sp³-hybridized carbons (Fsp3) is 0.278. The smallest absolute Gasteiger partial charge is 0.416 e. The third-order valence-corrected chi connectivity index (χ3v) is 3.35. The molecule has 0 radical (unpaired) electrons. The summed E-state index contributed by atoms with van der Waals surface area (Å²) < 4.78 is 49.3. The van der Waals surface area contributed by atoms with Gasteiger partial charge in [-0.3, -0.25) is 4.79 Å². The molecule has 1 amide bonds. The number of alkyl halides is 3. The molecule has 0 aliphatic carbocycles. The van der Waals surface area contributed by atoms with Gasteiger partial charge in [0.2, 0.25) is 0 Å². The van der Waals surface area contributed by atoms with E-state index in [-0.39, 0.29) is 17.0 Å². The Bertz CT molecular complexity index is 745. The van der Waals surface area contributed by atoms with E-state index in [1.807, 2.05) is 6.92 Å². The van der Waals surface area contributed by atoms with Crippen molar-refractivity contribution in [3.05, 3.63) is 53.6 Å². The molecule has 7 heteroatoms. The molecular formula is C18H18F3NO3. The van der Waals surface area contributed by atoms with E-state index in [9.17, 15) is 18.0 Å². The molecule has 0 spiro atoms. The van der Waals surface area contributed by atoms with E-state index in [1.165, 1.54) is 25.3 Å². The van der Waals surface area contributed by atoms with Gasteiger partial charge in [0.05, 0.1) is 25.0 Å². The molecule has 1 N–H and O–H groups in total. The van der Waals surface area contributed by atoms with Gasteiger partial charge in [-0.05, 0) is 42.8 Å². The number of ether oxygens (including phenoxy) is 2. The van der Waals surface area contributed by atoms with Crippen LogP contribution in [-0.4, -0.2) is 19.6 Å². The Morgan fingerprint density at radius 2 is 1.92 bits per heavy atom. The maximum atomic E-state index is 12.9. The Hall–Kier alpha value is -2.70. The molecule has 0 aliphatic rings. The Kier molecular flexibility index (Phi) is 5.90. The number of rotatable bonds is 6. The van der Waals surface area contributed by atoms with Gasteiger partial charge in [0.25, 0.3) is 5.91 Å². The first-order chi connectivity index (χ1) is 11.8. The van der Waals surface area contributed by atoms with Crippen LogP contribution < -0.4 is 14.8 Å². The number of hydrogen-bond donors (Lipinski definition) is 1. The van der Waals surface area contributed by atoms with Crippen LogP contribution in [0.5, 0.6) is 11.5 Å². The molecule has 2 aromatic carbocycles. The number of hydrogen-bond acceptors (Lipinski definition) is 3. The zero-order chi connectivity index (χ0) is 18.4. The van der Waals surface area contributed by atoms with Crippen LogP contribution in [0.25, 0.3) is 0 Å². The zero-order valence-electron chi connectivity index (χ0n) is 13.8. The van der Waals surface area contributed by atoms with Gasteiger partial charge in [-0.2, -0.15) is 13.2 Å². The molecule has 25 heavy (non-hydrogen) atoms. The van der Waals surface area contributed by atoms with Crippen molar-refractivity contribution in [3.63, 3.8) is 0 Å². The third-order valence-electron chi connectivity index (χ3n) is 3.35. The Morgan fingerprint density at radius 3 is 2.56 bits per heavy atom. The predicted molar refractivity (Wildman–Crippen MR) is 88.2 cm³/mol. The highest BCUT2D eigenvalue weighted by Crippen LogP contribution is 2.35. The van der Waals surface area contributed by atoms with Crippen LogP contribution in [0.1, 0.15) is 29.3 Å². The minimum absolute atomic E-state index is 0.0314. The molecule has 0 aromatic heterocycles. The van der Waals surface area contributed by atoms with Crippen molar-refractivity contribution in [2.45, 2.75) is 19.5 Å². The zero-order valence-corrected chi connectivity index (χ0v) is 13.8. The molecule has 4 nitrogen and oxygen atoms in total. The van der Waals surface area contributed by atoms with Crippen LogP contribution in [0, 0.1) is 0 Å². The first-order valence-corrected chi connectivity index (χ1v) is 7.64. The van der Waals surface area contributed by atoms with Gasteiger partial charge in [0.15, 0.2) is 0 Å². The lowest BCUT2D eigenvalue weighted by atomic mass is 10.1. The van der Waals surface area contributed by atoms with Crippen molar-refractivity contribution >= 4 is 11.6 Å². The number of carbonyl (C=O) groups excluding carboxylic acids is 1. The molecule has 0 saturated heterocycles. The van der Waals surface area contributed by atoms with E-state index >= 15 is 0 Å². The molecule has 0 unspecified atom stereocenters. The monoisotopic (exact) mass is 353 g/mol. The maximum absolute atomic E-state index is 12.9. The SMILES string of the molecule is CCCOc1ccc(C(F)(F)F)cc1NC(=O)c1cccc(OC)c1. The Balaban J connectivity index is 2.32. The molecule has 2 aromatic rings. The van der Waals surface area contributed by atoms with Crippen LogP contribution in [-0.2, 0) is 6.18 Å². The van der Waals surface area contributed by atoms with Gasteiger partial charge in [-0.25, -0.2) is 0 Å². The van der Waals surface area contributed by atoms with Crippen molar-refractivity contribution in [3.8, 4) is 11.5 Å². The summed E-state index contributed by atoms with van der Waals surface area (Å²) in [7, 11) is 1.46. The molecule has 2 rings (SSSR count). The lowest BCUT2D eigenvalue weighted by Gasteiger charge is -2.15. The highest BCUT2D eigenvalue weighted by Gasteiger charge is 2.31. The second-order valence-electron chi connectivity index (χ2n) is 5.24. The minimum Gasteiger partial charge on any atom is -0.497 e. The average Bonchev–Trinajstić information content (AvgIpc) is 2.59. The summed E-state index contributed by atoms with van der Waals surface area (Å²) in [5, 5.41) is 2.48. The molecule has 134 valence electrons. The number of benzene rings is 2. The lowest BCUT2D eigenvalue weighted by Crippen LogP contribution is -2.14. The van der Waals surface area contributed by atoms with Gasteiger partial charge in [0, 0.05) is 5.56 Å². The van der Waals surface area contributed by atoms with E-state index in [0.29, 0.717) is 18.8 Å². The van der Waals surface area contributed by atoms with Gasteiger partial charge in [-0.1, -0.05) is 13.0 Å². The molecule has 0 atom stereocenters. The van der Waals surface area contributed by atoms with E-state index < -0.39 is 17.6 Å². The van der Waals surface area contributed by atoms with E-state index in [2.05, 4.69) is 5.32 Å². The van der Waals surface area contributed by atoms with Crippen LogP contribution in [0.3, 0.4) is 0 Å². The second-order valence-corrected chi connectivity index (χ2v) is 5.24. The molecule has 0 bridgehead atoms. The normalized spacial score (nSPS) is 11.1. The highest BCUT2D eigenvalue weighted by atomic mass is 19.4. The number of halogens is 3. The number of nitrogens with one attached hydrogen (secondary N) is 1.